The van der Waals surface area contributed by atoms with E-state index in [4.69, 9.17) is 0 Å². The van der Waals surface area contributed by atoms with E-state index < -0.39 is 0 Å². The number of phenolic OH excluding ortho intramolecular Hbond substituents is 1. The van der Waals surface area contributed by atoms with E-state index in [0.29, 0.717) is 11.8 Å². The van der Waals surface area contributed by atoms with Crippen molar-refractivity contribution in [3.8, 4) is 5.75 Å². The summed E-state index contributed by atoms with van der Waals surface area (Å²) in [5.74, 6) is 0.142. The number of phenols is 1. The molecule has 0 spiro atoms. The Morgan fingerprint density at radius 2 is 2.14 bits per heavy atom. The maximum absolute atomic E-state index is 10.7. The van der Waals surface area contributed by atoms with E-state index in [1.54, 1.807) is 6.07 Å². The lowest BCUT2D eigenvalue weighted by atomic mass is 9.95. The van der Waals surface area contributed by atoms with Crippen molar-refractivity contribution in [2.24, 2.45) is 0 Å². The first-order valence-corrected chi connectivity index (χ1v) is 5.34. The van der Waals surface area contributed by atoms with E-state index in [0.717, 1.165) is 22.9 Å². The molecule has 74 valence electrons. The Bertz CT molecular complexity index is 395. The third kappa shape index (κ3) is 1.46. The molecular weight excluding hydrogens is 244 g/mol. The van der Waals surface area contributed by atoms with Crippen LogP contribution in [0.1, 0.15) is 35.7 Å². The van der Waals surface area contributed by atoms with Crippen LogP contribution in [0, 0.1) is 0 Å². The van der Waals surface area contributed by atoms with Gasteiger partial charge in [0, 0.05) is 10.0 Å². The molecule has 0 amide bonds. The third-order valence-electron chi connectivity index (χ3n) is 2.88. The number of hydrogen-bond donors (Lipinski definition) is 1. The lowest BCUT2D eigenvalue weighted by molar-refractivity contribution is 0.112. The van der Waals surface area contributed by atoms with Crippen LogP contribution in [0.4, 0.5) is 0 Å². The summed E-state index contributed by atoms with van der Waals surface area (Å²) < 4.78 is 0.848. The van der Waals surface area contributed by atoms with Gasteiger partial charge in [0.2, 0.25) is 0 Å². The summed E-state index contributed by atoms with van der Waals surface area (Å²) in [4.78, 5) is 10.7. The molecule has 0 bridgehead atoms. The van der Waals surface area contributed by atoms with E-state index >= 15 is 0 Å². The normalized spacial score (nSPS) is 17.9. The minimum Gasteiger partial charge on any atom is -0.507 e. The maximum atomic E-state index is 10.7. The molecular formula is C11H11BrO2. The summed E-state index contributed by atoms with van der Waals surface area (Å²) in [6.45, 7) is 2.10. The first kappa shape index (κ1) is 9.71. The highest BCUT2D eigenvalue weighted by Crippen LogP contribution is 2.51. The van der Waals surface area contributed by atoms with Gasteiger partial charge in [-0.25, -0.2) is 0 Å². The van der Waals surface area contributed by atoms with Gasteiger partial charge in [-0.05, 0) is 30.4 Å². The van der Waals surface area contributed by atoms with Crippen LogP contribution in [0.25, 0.3) is 0 Å². The Balaban J connectivity index is 2.59. The van der Waals surface area contributed by atoms with Gasteiger partial charge < -0.3 is 5.11 Å². The van der Waals surface area contributed by atoms with Gasteiger partial charge >= 0.3 is 0 Å². The number of aldehydes is 1. The molecule has 1 aromatic carbocycles. The summed E-state index contributed by atoms with van der Waals surface area (Å²) in [6.07, 6.45) is 2.85. The Morgan fingerprint density at radius 3 is 2.64 bits per heavy atom. The predicted molar refractivity (Wildman–Crippen MR) is 57.8 cm³/mol. The molecule has 0 radical (unpaired) electrons. The van der Waals surface area contributed by atoms with Crippen LogP contribution in [0.2, 0.25) is 0 Å². The van der Waals surface area contributed by atoms with Crippen molar-refractivity contribution in [3.05, 3.63) is 27.7 Å². The fourth-order valence-electron chi connectivity index (χ4n) is 1.63. The van der Waals surface area contributed by atoms with Gasteiger partial charge in [0.15, 0.2) is 6.29 Å². The molecule has 0 heterocycles. The third-order valence-corrected chi connectivity index (χ3v) is 3.34. The predicted octanol–water partition coefficient (Wildman–Crippen LogP) is 3.02. The Labute approximate surface area is 91.1 Å². The van der Waals surface area contributed by atoms with Crippen molar-refractivity contribution in [2.45, 2.75) is 25.2 Å². The van der Waals surface area contributed by atoms with Crippen molar-refractivity contribution in [3.63, 3.8) is 0 Å². The van der Waals surface area contributed by atoms with Crippen molar-refractivity contribution in [2.75, 3.05) is 0 Å². The van der Waals surface area contributed by atoms with Gasteiger partial charge in [-0.2, -0.15) is 0 Å². The number of halogens is 1. The summed E-state index contributed by atoms with van der Waals surface area (Å²) in [7, 11) is 0. The Morgan fingerprint density at radius 1 is 1.50 bits per heavy atom. The second kappa shape index (κ2) is 3.09. The van der Waals surface area contributed by atoms with E-state index in [-0.39, 0.29) is 11.2 Å². The molecule has 0 saturated heterocycles. The van der Waals surface area contributed by atoms with Crippen LogP contribution in [-0.2, 0) is 5.41 Å². The van der Waals surface area contributed by atoms with E-state index in [1.807, 2.05) is 6.07 Å². The van der Waals surface area contributed by atoms with Crippen LogP contribution >= 0.6 is 15.9 Å². The Hall–Kier alpha value is -0.830. The number of carbonyl (C=O) groups excluding carboxylic acids is 1. The van der Waals surface area contributed by atoms with E-state index in [1.165, 1.54) is 0 Å². The molecule has 1 aromatic rings. The fraction of sp³-hybridized carbons (Fsp3) is 0.364. The minimum atomic E-state index is 0.0750. The standard InChI is InChI=1S/C11H11BrO2/c1-11(2-3-11)9-5-8(12)4-7(6-13)10(9)14/h4-6,14H,2-3H2,1H3. The topological polar surface area (TPSA) is 37.3 Å². The average molecular weight is 255 g/mol. The highest BCUT2D eigenvalue weighted by Gasteiger charge is 2.41. The molecule has 1 saturated carbocycles. The quantitative estimate of drug-likeness (QED) is 0.825. The molecule has 2 rings (SSSR count). The van der Waals surface area contributed by atoms with Crippen molar-refractivity contribution in [1.82, 2.24) is 0 Å². The number of carbonyl (C=O) groups is 1. The lowest BCUT2D eigenvalue weighted by Gasteiger charge is -2.13. The van der Waals surface area contributed by atoms with Gasteiger partial charge in [-0.15, -0.1) is 0 Å². The molecule has 0 atom stereocenters. The molecule has 0 aliphatic heterocycles. The van der Waals surface area contributed by atoms with Crippen molar-refractivity contribution >= 4 is 22.2 Å². The Kier molecular flexibility index (Phi) is 2.14. The molecule has 2 nitrogen and oxygen atoms in total. The SMILES string of the molecule is CC1(c2cc(Br)cc(C=O)c2O)CC1. The molecule has 14 heavy (non-hydrogen) atoms. The summed E-state index contributed by atoms with van der Waals surface area (Å²) in [5.41, 5.74) is 1.32. The number of rotatable bonds is 2. The average Bonchev–Trinajstić information content (AvgIpc) is 2.88. The minimum absolute atomic E-state index is 0.0750. The second-order valence-corrected chi connectivity index (χ2v) is 4.99. The maximum Gasteiger partial charge on any atom is 0.153 e. The van der Waals surface area contributed by atoms with E-state index in [2.05, 4.69) is 22.9 Å². The summed E-state index contributed by atoms with van der Waals surface area (Å²) in [5, 5.41) is 9.84. The highest BCUT2D eigenvalue weighted by molar-refractivity contribution is 9.10. The van der Waals surface area contributed by atoms with Gasteiger partial charge in [0.05, 0.1) is 5.56 Å². The van der Waals surface area contributed by atoms with Crippen LogP contribution in [0.5, 0.6) is 5.75 Å². The van der Waals surface area contributed by atoms with Crippen LogP contribution in [0.15, 0.2) is 16.6 Å². The smallest absolute Gasteiger partial charge is 0.153 e. The van der Waals surface area contributed by atoms with Crippen molar-refractivity contribution < 1.29 is 9.90 Å². The monoisotopic (exact) mass is 254 g/mol. The zero-order valence-electron chi connectivity index (χ0n) is 7.88. The zero-order chi connectivity index (χ0) is 10.3. The van der Waals surface area contributed by atoms with Crippen LogP contribution in [0.3, 0.4) is 0 Å². The molecule has 1 fully saturated rings. The highest BCUT2D eigenvalue weighted by atomic mass is 79.9. The molecule has 1 aliphatic rings. The van der Waals surface area contributed by atoms with Gasteiger partial charge in [-0.1, -0.05) is 22.9 Å². The number of benzene rings is 1. The number of hydrogen-bond acceptors (Lipinski definition) is 2. The first-order chi connectivity index (χ1) is 6.57. The van der Waals surface area contributed by atoms with E-state index in [9.17, 15) is 9.90 Å². The number of aromatic hydroxyl groups is 1. The van der Waals surface area contributed by atoms with Crippen LogP contribution in [-0.4, -0.2) is 11.4 Å². The van der Waals surface area contributed by atoms with Gasteiger partial charge in [-0.3, -0.25) is 4.79 Å². The first-order valence-electron chi connectivity index (χ1n) is 4.55. The summed E-state index contributed by atoms with van der Waals surface area (Å²) in [6, 6.07) is 3.53. The van der Waals surface area contributed by atoms with Gasteiger partial charge in [0.1, 0.15) is 5.75 Å². The molecule has 1 aliphatic carbocycles. The second-order valence-electron chi connectivity index (χ2n) is 4.07. The summed E-state index contributed by atoms with van der Waals surface area (Å²) >= 11 is 3.34. The molecule has 1 N–H and O–H groups in total. The zero-order valence-corrected chi connectivity index (χ0v) is 9.47. The molecule has 0 unspecified atom stereocenters. The van der Waals surface area contributed by atoms with Crippen molar-refractivity contribution in [1.29, 1.82) is 0 Å². The lowest BCUT2D eigenvalue weighted by Crippen LogP contribution is -2.01. The van der Waals surface area contributed by atoms with Gasteiger partial charge in [0.25, 0.3) is 0 Å². The fourth-order valence-corrected chi connectivity index (χ4v) is 2.10. The molecule has 0 aromatic heterocycles. The van der Waals surface area contributed by atoms with Crippen LogP contribution < -0.4 is 0 Å². The molecule has 3 heteroatoms. The largest absolute Gasteiger partial charge is 0.507 e.